The number of halogens is 1. The monoisotopic (exact) mass is 555 g/mol. The van der Waals surface area contributed by atoms with Crippen molar-refractivity contribution in [1.29, 1.82) is 0 Å². The average molecular weight is 555 g/mol. The average Bonchev–Trinajstić information content (AvgIpc) is 3.16. The summed E-state index contributed by atoms with van der Waals surface area (Å²) in [6.07, 6.45) is 2.18. The van der Waals surface area contributed by atoms with Gasteiger partial charge < -0.3 is 20.3 Å². The first-order valence-corrected chi connectivity index (χ1v) is 10.8. The Morgan fingerprint density at radius 2 is 2.12 bits per heavy atom. The van der Waals surface area contributed by atoms with Crippen molar-refractivity contribution in [2.45, 2.75) is 51.9 Å². The summed E-state index contributed by atoms with van der Waals surface area (Å²) in [6, 6.07) is 10.2. The number of fused-ring (bicyclic) bond motifs is 1. The van der Waals surface area contributed by atoms with E-state index in [1.165, 1.54) is 0 Å². The maximum absolute atomic E-state index is 12.5. The summed E-state index contributed by atoms with van der Waals surface area (Å²) >= 11 is 0. The summed E-state index contributed by atoms with van der Waals surface area (Å²) in [5, 5.41) is 11.3. The van der Waals surface area contributed by atoms with Gasteiger partial charge >= 0.3 is 0 Å². The molecule has 2 N–H and O–H groups in total. The molecule has 1 aromatic carbocycles. The summed E-state index contributed by atoms with van der Waals surface area (Å²) in [6.45, 7) is 4.99. The van der Waals surface area contributed by atoms with E-state index in [2.05, 4.69) is 25.7 Å². The van der Waals surface area contributed by atoms with Crippen molar-refractivity contribution in [2.24, 2.45) is 4.99 Å². The number of ether oxygens (including phenoxy) is 1. The molecule has 1 atom stereocenters. The van der Waals surface area contributed by atoms with Gasteiger partial charge in [0.05, 0.1) is 13.1 Å². The van der Waals surface area contributed by atoms with E-state index in [1.54, 1.807) is 12.0 Å². The van der Waals surface area contributed by atoms with Crippen LogP contribution in [0.4, 0.5) is 0 Å². The van der Waals surface area contributed by atoms with Crippen LogP contribution in [0.2, 0.25) is 0 Å². The first kappa shape index (κ1) is 26.0. The fourth-order valence-corrected chi connectivity index (χ4v) is 3.58. The fourth-order valence-electron chi connectivity index (χ4n) is 3.58. The Hall–Kier alpha value is -2.21. The van der Waals surface area contributed by atoms with Gasteiger partial charge in [0.1, 0.15) is 12.4 Å². The van der Waals surface area contributed by atoms with E-state index in [-0.39, 0.29) is 35.9 Å². The minimum Gasteiger partial charge on any atom is -0.377 e. The summed E-state index contributed by atoms with van der Waals surface area (Å²) in [4.78, 5) is 23.3. The standard InChI is InChI=1S/C22H33N7O2.HI/c1-4-23-22(24-13-12-21(30)28(2)14-17-8-6-5-7-9-17)25-18-10-11-20-26-19(16-31-3)27-29(20)15-18;/h5-9,18H,4,10-16H2,1-3H3,(H2,23,24,25);1H. The normalized spacial score (nSPS) is 15.5. The Morgan fingerprint density at radius 1 is 1.34 bits per heavy atom. The van der Waals surface area contributed by atoms with E-state index in [9.17, 15) is 4.79 Å². The first-order valence-electron chi connectivity index (χ1n) is 10.8. The summed E-state index contributed by atoms with van der Waals surface area (Å²) in [5.41, 5.74) is 1.12. The molecule has 32 heavy (non-hydrogen) atoms. The number of aromatic nitrogens is 3. The molecule has 2 heterocycles. The zero-order chi connectivity index (χ0) is 22.1. The predicted molar refractivity (Wildman–Crippen MR) is 135 cm³/mol. The molecule has 0 radical (unpaired) electrons. The van der Waals surface area contributed by atoms with Crippen molar-refractivity contribution < 1.29 is 9.53 Å². The maximum Gasteiger partial charge on any atom is 0.224 e. The van der Waals surface area contributed by atoms with Crippen molar-refractivity contribution in [3.63, 3.8) is 0 Å². The van der Waals surface area contributed by atoms with Gasteiger partial charge in [-0.25, -0.2) is 9.67 Å². The molecule has 176 valence electrons. The van der Waals surface area contributed by atoms with Crippen molar-refractivity contribution in [2.75, 3.05) is 27.2 Å². The van der Waals surface area contributed by atoms with Gasteiger partial charge in [-0.15, -0.1) is 24.0 Å². The van der Waals surface area contributed by atoms with E-state index in [0.717, 1.165) is 49.1 Å². The molecule has 1 aromatic heterocycles. The molecule has 9 nitrogen and oxygen atoms in total. The first-order chi connectivity index (χ1) is 15.1. The second-order valence-corrected chi connectivity index (χ2v) is 7.69. The molecular formula is C22H34IN7O2. The number of rotatable bonds is 9. The van der Waals surface area contributed by atoms with Gasteiger partial charge in [-0.1, -0.05) is 30.3 Å². The van der Waals surface area contributed by atoms with E-state index in [4.69, 9.17) is 4.74 Å². The van der Waals surface area contributed by atoms with Gasteiger partial charge in [-0.05, 0) is 18.9 Å². The Balaban J connectivity index is 0.00000363. The summed E-state index contributed by atoms with van der Waals surface area (Å²) in [7, 11) is 3.48. The number of hydrogen-bond acceptors (Lipinski definition) is 5. The number of nitrogens with zero attached hydrogens (tertiary/aromatic N) is 5. The molecule has 0 aliphatic carbocycles. The Bertz CT molecular complexity index is 872. The number of methoxy groups -OCH3 is 1. The summed E-state index contributed by atoms with van der Waals surface area (Å²) < 4.78 is 7.07. The van der Waals surface area contributed by atoms with Gasteiger partial charge in [0.15, 0.2) is 11.8 Å². The van der Waals surface area contributed by atoms with Gasteiger partial charge in [0, 0.05) is 46.1 Å². The van der Waals surface area contributed by atoms with Crippen molar-refractivity contribution >= 4 is 35.8 Å². The number of hydrogen-bond donors (Lipinski definition) is 2. The Labute approximate surface area is 207 Å². The highest BCUT2D eigenvalue weighted by molar-refractivity contribution is 14.0. The lowest BCUT2D eigenvalue weighted by molar-refractivity contribution is -0.130. The highest BCUT2D eigenvalue weighted by Gasteiger charge is 2.22. The molecular weight excluding hydrogens is 521 g/mol. The van der Waals surface area contributed by atoms with Gasteiger partial charge in [-0.3, -0.25) is 9.79 Å². The highest BCUT2D eigenvalue weighted by atomic mass is 127. The molecule has 3 rings (SSSR count). The third-order valence-corrected chi connectivity index (χ3v) is 5.14. The minimum atomic E-state index is 0. The van der Waals surface area contributed by atoms with Crippen LogP contribution in [0.1, 0.15) is 37.0 Å². The van der Waals surface area contributed by atoms with E-state index in [0.29, 0.717) is 26.1 Å². The van der Waals surface area contributed by atoms with E-state index in [1.807, 2.05) is 49.0 Å². The molecule has 1 unspecified atom stereocenters. The zero-order valence-electron chi connectivity index (χ0n) is 19.1. The van der Waals surface area contributed by atoms with Crippen LogP contribution in [0.3, 0.4) is 0 Å². The van der Waals surface area contributed by atoms with Crippen LogP contribution in [-0.4, -0.2) is 64.8 Å². The molecule has 1 aliphatic rings. The number of aliphatic imine (C=N–C) groups is 1. The quantitative estimate of drug-likeness (QED) is 0.279. The number of carbonyl (C=O) groups is 1. The minimum absolute atomic E-state index is 0. The largest absolute Gasteiger partial charge is 0.377 e. The topological polar surface area (TPSA) is 96.7 Å². The van der Waals surface area contributed by atoms with Crippen molar-refractivity contribution in [3.8, 4) is 0 Å². The molecule has 2 aromatic rings. The Morgan fingerprint density at radius 3 is 2.84 bits per heavy atom. The number of nitrogens with one attached hydrogen (secondary N) is 2. The van der Waals surface area contributed by atoms with Crippen LogP contribution < -0.4 is 10.6 Å². The van der Waals surface area contributed by atoms with Crippen LogP contribution in [0.5, 0.6) is 0 Å². The van der Waals surface area contributed by atoms with E-state index >= 15 is 0 Å². The molecule has 1 amide bonds. The van der Waals surface area contributed by atoms with Crippen LogP contribution in [0, 0.1) is 0 Å². The SMILES string of the molecule is CCNC(=NCCC(=O)N(C)Cc1ccccc1)NC1CCc2nc(COC)nn2C1.I. The van der Waals surface area contributed by atoms with Crippen LogP contribution in [-0.2, 0) is 35.6 Å². The number of guanidine groups is 1. The van der Waals surface area contributed by atoms with Gasteiger partial charge in [0.25, 0.3) is 0 Å². The molecule has 1 aliphatic heterocycles. The number of benzene rings is 1. The molecule has 0 spiro atoms. The lowest BCUT2D eigenvalue weighted by atomic mass is 10.1. The molecule has 0 saturated heterocycles. The van der Waals surface area contributed by atoms with Gasteiger partial charge in [-0.2, -0.15) is 5.10 Å². The second-order valence-electron chi connectivity index (χ2n) is 7.69. The second kappa shape index (κ2) is 13.4. The lowest BCUT2D eigenvalue weighted by Gasteiger charge is -2.25. The Kier molecular flexibility index (Phi) is 10.9. The lowest BCUT2D eigenvalue weighted by Crippen LogP contribution is -2.47. The molecule has 0 bridgehead atoms. The smallest absolute Gasteiger partial charge is 0.224 e. The third-order valence-electron chi connectivity index (χ3n) is 5.14. The predicted octanol–water partition coefficient (Wildman–Crippen LogP) is 1.96. The van der Waals surface area contributed by atoms with Crippen LogP contribution in [0.25, 0.3) is 0 Å². The molecule has 0 fully saturated rings. The van der Waals surface area contributed by atoms with Crippen LogP contribution >= 0.6 is 24.0 Å². The summed E-state index contributed by atoms with van der Waals surface area (Å²) in [5.74, 6) is 2.53. The molecule has 10 heteroatoms. The highest BCUT2D eigenvalue weighted by Crippen LogP contribution is 2.13. The van der Waals surface area contributed by atoms with E-state index < -0.39 is 0 Å². The van der Waals surface area contributed by atoms with Crippen molar-refractivity contribution in [1.82, 2.24) is 30.3 Å². The maximum atomic E-state index is 12.5. The molecule has 0 saturated carbocycles. The number of aryl methyl sites for hydroxylation is 1. The third kappa shape index (κ3) is 7.73. The van der Waals surface area contributed by atoms with Crippen molar-refractivity contribution in [3.05, 3.63) is 47.5 Å². The van der Waals surface area contributed by atoms with Gasteiger partial charge in [0.2, 0.25) is 5.91 Å². The van der Waals surface area contributed by atoms with Crippen LogP contribution in [0.15, 0.2) is 35.3 Å². The number of amides is 1. The zero-order valence-corrected chi connectivity index (χ0v) is 21.4. The number of carbonyl (C=O) groups excluding carboxylic acids is 1. The fraction of sp³-hybridized carbons (Fsp3) is 0.545.